The Labute approximate surface area is 123 Å². The van der Waals surface area contributed by atoms with Gasteiger partial charge in [-0.1, -0.05) is 18.7 Å². The third-order valence-electron chi connectivity index (χ3n) is 2.37. The molecule has 0 radical (unpaired) electrons. The Morgan fingerprint density at radius 2 is 1.90 bits per heavy atom. The number of carbonyl (C=O) groups is 2. The van der Waals surface area contributed by atoms with Gasteiger partial charge >= 0.3 is 11.9 Å². The van der Waals surface area contributed by atoms with Crippen molar-refractivity contribution < 1.29 is 19.1 Å². The van der Waals surface area contributed by atoms with Gasteiger partial charge in [0.25, 0.3) is 0 Å². The molecule has 0 aliphatic heterocycles. The van der Waals surface area contributed by atoms with Crippen molar-refractivity contribution in [3.63, 3.8) is 0 Å². The Bertz CT molecular complexity index is 621. The summed E-state index contributed by atoms with van der Waals surface area (Å²) in [4.78, 5) is 22.8. The van der Waals surface area contributed by atoms with Crippen LogP contribution in [0, 0.1) is 11.3 Å². The fourth-order valence-electron chi connectivity index (χ4n) is 1.34. The van der Waals surface area contributed by atoms with Crippen molar-refractivity contribution in [2.24, 2.45) is 0 Å². The van der Waals surface area contributed by atoms with E-state index < -0.39 is 11.9 Å². The molecule has 0 aromatic heterocycles. The van der Waals surface area contributed by atoms with Gasteiger partial charge in [0.1, 0.15) is 17.4 Å². The number of esters is 2. The maximum absolute atomic E-state index is 11.5. The number of nitriles is 1. The Hall–Kier alpha value is -2.87. The van der Waals surface area contributed by atoms with Crippen LogP contribution in [0.1, 0.15) is 19.4 Å². The second-order valence-electron chi connectivity index (χ2n) is 4.13. The molecule has 0 atom stereocenters. The van der Waals surface area contributed by atoms with E-state index >= 15 is 0 Å². The van der Waals surface area contributed by atoms with Crippen molar-refractivity contribution in [2.75, 3.05) is 6.61 Å². The molecule has 5 nitrogen and oxygen atoms in total. The predicted molar refractivity (Wildman–Crippen MR) is 77.1 cm³/mol. The number of benzene rings is 1. The maximum atomic E-state index is 11.5. The van der Waals surface area contributed by atoms with Gasteiger partial charge in [-0.25, -0.2) is 9.59 Å². The van der Waals surface area contributed by atoms with Gasteiger partial charge < -0.3 is 9.47 Å². The molecular formula is C16H15NO4. The molecular weight excluding hydrogens is 270 g/mol. The van der Waals surface area contributed by atoms with Crippen LogP contribution in [-0.4, -0.2) is 18.5 Å². The summed E-state index contributed by atoms with van der Waals surface area (Å²) >= 11 is 0. The summed E-state index contributed by atoms with van der Waals surface area (Å²) in [5.41, 5.74) is 0.825. The van der Waals surface area contributed by atoms with Crippen LogP contribution in [0.5, 0.6) is 5.75 Å². The van der Waals surface area contributed by atoms with Gasteiger partial charge in [-0.2, -0.15) is 5.26 Å². The van der Waals surface area contributed by atoms with Crippen LogP contribution in [0.15, 0.2) is 42.0 Å². The maximum Gasteiger partial charge on any atom is 0.348 e. The molecule has 0 N–H and O–H groups in total. The fourth-order valence-corrected chi connectivity index (χ4v) is 1.34. The van der Waals surface area contributed by atoms with E-state index in [0.29, 0.717) is 16.9 Å². The van der Waals surface area contributed by atoms with Crippen LogP contribution in [0.2, 0.25) is 0 Å². The van der Waals surface area contributed by atoms with Crippen molar-refractivity contribution in [3.8, 4) is 11.8 Å². The quantitative estimate of drug-likeness (QED) is 0.360. The first kappa shape index (κ1) is 16.2. The Morgan fingerprint density at radius 1 is 1.29 bits per heavy atom. The third kappa shape index (κ3) is 4.96. The lowest BCUT2D eigenvalue weighted by Crippen LogP contribution is -2.08. The largest absolute Gasteiger partial charge is 0.462 e. The molecule has 0 heterocycles. The molecule has 1 rings (SSSR count). The van der Waals surface area contributed by atoms with Crippen molar-refractivity contribution in [3.05, 3.63) is 47.6 Å². The monoisotopic (exact) mass is 285 g/mol. The summed E-state index contributed by atoms with van der Waals surface area (Å²) in [6, 6.07) is 8.16. The topological polar surface area (TPSA) is 76.4 Å². The average molecular weight is 285 g/mol. The Morgan fingerprint density at radius 3 is 2.38 bits per heavy atom. The Kier molecular flexibility index (Phi) is 5.90. The predicted octanol–water partition coefficient (Wildman–Crippen LogP) is 2.64. The van der Waals surface area contributed by atoms with Gasteiger partial charge in [0.2, 0.25) is 0 Å². The van der Waals surface area contributed by atoms with Crippen LogP contribution in [0.3, 0.4) is 0 Å². The summed E-state index contributed by atoms with van der Waals surface area (Å²) in [5, 5.41) is 8.92. The minimum absolute atomic E-state index is 0.0940. The first-order valence-corrected chi connectivity index (χ1v) is 6.24. The van der Waals surface area contributed by atoms with E-state index in [0.717, 1.165) is 0 Å². The summed E-state index contributed by atoms with van der Waals surface area (Å²) in [6.45, 7) is 6.90. The Balaban J connectivity index is 2.87. The van der Waals surface area contributed by atoms with Crippen molar-refractivity contribution >= 4 is 18.0 Å². The number of hydrogen-bond acceptors (Lipinski definition) is 5. The van der Waals surface area contributed by atoms with E-state index in [1.54, 1.807) is 44.2 Å². The molecule has 108 valence electrons. The second-order valence-corrected chi connectivity index (χ2v) is 4.13. The third-order valence-corrected chi connectivity index (χ3v) is 2.37. The lowest BCUT2D eigenvalue weighted by Gasteiger charge is -2.04. The molecule has 0 saturated heterocycles. The first-order valence-electron chi connectivity index (χ1n) is 6.24. The second kappa shape index (κ2) is 7.65. The molecule has 0 amide bonds. The summed E-state index contributed by atoms with van der Waals surface area (Å²) in [6.07, 6.45) is 1.41. The van der Waals surface area contributed by atoms with Crippen LogP contribution in [-0.2, 0) is 14.3 Å². The number of nitrogens with zero attached hydrogens (tertiary/aromatic N) is 1. The number of rotatable bonds is 5. The zero-order valence-electron chi connectivity index (χ0n) is 11.9. The lowest BCUT2D eigenvalue weighted by atomic mass is 10.1. The molecule has 0 aliphatic carbocycles. The van der Waals surface area contributed by atoms with Crippen LogP contribution in [0.25, 0.3) is 6.08 Å². The van der Waals surface area contributed by atoms with Gasteiger partial charge in [-0.15, -0.1) is 0 Å². The molecule has 21 heavy (non-hydrogen) atoms. The van der Waals surface area contributed by atoms with Crippen molar-refractivity contribution in [1.82, 2.24) is 0 Å². The van der Waals surface area contributed by atoms with Gasteiger partial charge in [0.15, 0.2) is 0 Å². The van der Waals surface area contributed by atoms with Gasteiger partial charge in [0, 0.05) is 5.57 Å². The van der Waals surface area contributed by atoms with Crippen LogP contribution >= 0.6 is 0 Å². The molecule has 5 heteroatoms. The van der Waals surface area contributed by atoms with Crippen molar-refractivity contribution in [2.45, 2.75) is 13.8 Å². The SMILES string of the molecule is C=C(C)C(=O)Oc1ccc(/C=C(/C#N)C(=O)OCC)cc1. The van der Waals surface area contributed by atoms with E-state index in [4.69, 9.17) is 14.7 Å². The minimum Gasteiger partial charge on any atom is -0.462 e. The zero-order chi connectivity index (χ0) is 15.8. The van der Waals surface area contributed by atoms with Gasteiger partial charge in [-0.05, 0) is 37.6 Å². The van der Waals surface area contributed by atoms with E-state index in [2.05, 4.69) is 6.58 Å². The van der Waals surface area contributed by atoms with Gasteiger partial charge in [-0.3, -0.25) is 0 Å². The molecule has 0 fully saturated rings. The van der Waals surface area contributed by atoms with Crippen molar-refractivity contribution in [1.29, 1.82) is 5.26 Å². The highest BCUT2D eigenvalue weighted by atomic mass is 16.5. The lowest BCUT2D eigenvalue weighted by molar-refractivity contribution is -0.138. The summed E-state index contributed by atoms with van der Waals surface area (Å²) < 4.78 is 9.79. The van der Waals surface area contributed by atoms with E-state index in [-0.39, 0.29) is 12.2 Å². The first-order chi connectivity index (χ1) is 9.97. The zero-order valence-corrected chi connectivity index (χ0v) is 11.9. The smallest absolute Gasteiger partial charge is 0.348 e. The number of carbonyl (C=O) groups excluding carboxylic acids is 2. The van der Waals surface area contributed by atoms with Gasteiger partial charge in [0.05, 0.1) is 6.61 Å². The fraction of sp³-hybridized carbons (Fsp3) is 0.188. The minimum atomic E-state index is -0.669. The van der Waals surface area contributed by atoms with Crippen LogP contribution in [0.4, 0.5) is 0 Å². The van der Waals surface area contributed by atoms with E-state index in [1.807, 2.05) is 0 Å². The molecule has 0 spiro atoms. The average Bonchev–Trinajstić information content (AvgIpc) is 2.46. The molecule has 0 aliphatic rings. The highest BCUT2D eigenvalue weighted by Gasteiger charge is 2.10. The number of hydrogen-bond donors (Lipinski definition) is 0. The summed E-state index contributed by atoms with van der Waals surface area (Å²) in [7, 11) is 0. The highest BCUT2D eigenvalue weighted by Crippen LogP contribution is 2.16. The number of ether oxygens (including phenoxy) is 2. The highest BCUT2D eigenvalue weighted by molar-refractivity contribution is 5.97. The normalized spacial score (nSPS) is 10.4. The molecule has 0 bridgehead atoms. The van der Waals surface area contributed by atoms with E-state index in [9.17, 15) is 9.59 Å². The summed E-state index contributed by atoms with van der Waals surface area (Å²) in [5.74, 6) is -0.824. The standard InChI is InChI=1S/C16H15NO4/c1-4-20-16(19)13(10-17)9-12-5-7-14(8-6-12)21-15(18)11(2)3/h5-9H,2,4H2,1,3H3/b13-9-. The molecule has 0 unspecified atom stereocenters. The van der Waals surface area contributed by atoms with Crippen LogP contribution < -0.4 is 4.74 Å². The van der Waals surface area contributed by atoms with E-state index in [1.165, 1.54) is 6.08 Å². The molecule has 1 aromatic rings. The molecule has 0 saturated carbocycles. The molecule has 1 aromatic carbocycles.